The molecule has 7 rings (SSSR count). The second-order valence-electron chi connectivity index (χ2n) is 23.7. The number of hydrogen-bond acceptors (Lipinski definition) is 25. The highest BCUT2D eigenvalue weighted by Crippen LogP contribution is 2.42. The molecule has 0 saturated carbocycles. The van der Waals surface area contributed by atoms with Gasteiger partial charge in [-0.25, -0.2) is 9.59 Å². The molecular weight excluding hydrogens is 1170 g/mol. The molecule has 88 heavy (non-hydrogen) atoms. The molecule has 0 bridgehead atoms. The molecule has 5 fully saturated rings. The third kappa shape index (κ3) is 15.7. The van der Waals surface area contributed by atoms with E-state index in [1.807, 2.05) is 6.92 Å². The van der Waals surface area contributed by atoms with Gasteiger partial charge in [0.15, 0.2) is 67.8 Å². The van der Waals surface area contributed by atoms with Gasteiger partial charge in [0.25, 0.3) is 5.91 Å². The lowest BCUT2D eigenvalue weighted by Gasteiger charge is -2.52. The first kappa shape index (κ1) is 69.0. The lowest BCUT2D eigenvalue weighted by molar-refractivity contribution is -0.369. The lowest BCUT2D eigenvalue weighted by Crippen LogP contribution is -2.71. The van der Waals surface area contributed by atoms with E-state index in [9.17, 15) is 58.5 Å². The molecule has 5 saturated heterocycles. The third-order valence-electron chi connectivity index (χ3n) is 17.3. The van der Waals surface area contributed by atoms with Crippen molar-refractivity contribution in [3.05, 3.63) is 47.4 Å². The lowest BCUT2D eigenvalue weighted by atomic mass is 9.82. The summed E-state index contributed by atoms with van der Waals surface area (Å²) in [5.41, 5.74) is 8.37. The van der Waals surface area contributed by atoms with Crippen LogP contribution in [-0.4, -0.2) is 198 Å². The molecule has 1 aromatic carbocycles. The minimum Gasteiger partial charge on any atom is -0.510 e. The second kappa shape index (κ2) is 29.0. The van der Waals surface area contributed by atoms with E-state index in [1.54, 1.807) is 71.9 Å². The quantitative estimate of drug-likeness (QED) is 0.0642. The molecule has 1 aliphatic carbocycles. The van der Waals surface area contributed by atoms with E-state index in [0.29, 0.717) is 0 Å². The topological polar surface area (TPSA) is 422 Å². The molecule has 0 aromatic heterocycles. The zero-order valence-corrected chi connectivity index (χ0v) is 51.0. The largest absolute Gasteiger partial charge is 0.510 e. The van der Waals surface area contributed by atoms with Crippen molar-refractivity contribution in [3.8, 4) is 0 Å². The second-order valence-corrected chi connectivity index (χ2v) is 23.7. The number of allylic oxidation sites excluding steroid dienone is 2. The van der Waals surface area contributed by atoms with Crippen LogP contribution < -0.4 is 27.4 Å². The van der Waals surface area contributed by atoms with Crippen molar-refractivity contribution in [2.24, 2.45) is 47.0 Å². The highest BCUT2D eigenvalue weighted by Gasteiger charge is 2.60. The number of aliphatic hydroxyl groups is 3. The Kier molecular flexibility index (Phi) is 22.8. The number of primary amides is 2. The summed E-state index contributed by atoms with van der Waals surface area (Å²) in [6, 6.07) is 5.66. The van der Waals surface area contributed by atoms with Crippen molar-refractivity contribution < 1.29 is 120 Å². The molecule has 6 aliphatic rings. The average Bonchev–Trinajstić information content (AvgIpc) is 1.24. The van der Waals surface area contributed by atoms with Crippen LogP contribution in [0.15, 0.2) is 41.8 Å². The Bertz CT molecular complexity index is 2750. The first-order valence-electron chi connectivity index (χ1n) is 29.2. The maximum atomic E-state index is 14.0. The van der Waals surface area contributed by atoms with Crippen LogP contribution in [0.2, 0.25) is 0 Å². The summed E-state index contributed by atoms with van der Waals surface area (Å²) in [6.07, 6.45) is -24.8. The van der Waals surface area contributed by atoms with Gasteiger partial charge in [0.05, 0.1) is 48.7 Å². The van der Waals surface area contributed by atoms with Gasteiger partial charge in [0.1, 0.15) is 35.9 Å². The van der Waals surface area contributed by atoms with Crippen LogP contribution in [0.25, 0.3) is 0 Å². The Morgan fingerprint density at radius 2 is 1.19 bits per heavy atom. The van der Waals surface area contributed by atoms with E-state index in [2.05, 4.69) is 16.0 Å². The predicted octanol–water partition coefficient (Wildman–Crippen LogP) is 0.291. The van der Waals surface area contributed by atoms with Crippen molar-refractivity contribution in [2.45, 2.75) is 212 Å². The molecular formula is C58H83N5O25. The van der Waals surface area contributed by atoms with Gasteiger partial charge in [-0.05, 0) is 37.8 Å². The van der Waals surface area contributed by atoms with E-state index >= 15 is 0 Å². The van der Waals surface area contributed by atoms with Crippen LogP contribution in [0.4, 0.5) is 4.79 Å². The summed E-state index contributed by atoms with van der Waals surface area (Å²) in [7, 11) is 0. The molecule has 0 radical (unpaired) electrons. The van der Waals surface area contributed by atoms with Crippen LogP contribution >= 0.6 is 0 Å². The Morgan fingerprint density at radius 1 is 0.625 bits per heavy atom. The fourth-order valence-electron chi connectivity index (χ4n) is 12.1. The first-order valence-corrected chi connectivity index (χ1v) is 29.2. The van der Waals surface area contributed by atoms with Crippen molar-refractivity contribution >= 4 is 53.4 Å². The summed E-state index contributed by atoms with van der Waals surface area (Å²) in [6.45, 7) is 17.1. The molecule has 490 valence electrons. The summed E-state index contributed by atoms with van der Waals surface area (Å²) in [5.74, 6) is -10.0. The molecule has 1 aromatic rings. The summed E-state index contributed by atoms with van der Waals surface area (Å²) < 4.78 is 80.7. The first-order chi connectivity index (χ1) is 41.3. The molecule has 10 N–H and O–H groups in total. The van der Waals surface area contributed by atoms with Gasteiger partial charge in [-0.3, -0.25) is 33.6 Å². The molecule has 15 unspecified atom stereocenters. The molecule has 0 spiro atoms. The van der Waals surface area contributed by atoms with E-state index in [0.717, 1.165) is 6.92 Å². The number of nitrogens with two attached hydrogens (primary N) is 2. The molecule has 30 heteroatoms. The normalized spacial score (nSPS) is 39.3. The summed E-state index contributed by atoms with van der Waals surface area (Å²) >= 11 is 0. The molecule has 5 heterocycles. The van der Waals surface area contributed by atoms with E-state index in [4.69, 9.17) is 73.0 Å². The van der Waals surface area contributed by atoms with Gasteiger partial charge in [-0.15, -0.1) is 0 Å². The standard InChI is InChI=1S/C58H83N5O25/c1-22-23(2)44(79-32(11)67)55(80-36(22)20-76-31(10)66)77-21-37-42(27(6)39(62-30(9)65)54(81-37)86-46-47(88-57(60)74)58(12,75)48(49(59)70)87-52(46)73)84-53-38(61-29(8)64)26(5)41(28(7)78-53)83-56-45(82-51(72)33-16-14-13-15-17-33)25(4)24(3)43(85-56)50(71)63-40-34(68)18-19-35(40)69/h13-17,22-28,36-39,41-48,52-56,68,73,75H,18-21H2,1-12H3,(H2,59,70)(H2,60,74)(H,61,64)(H,62,65)(H,63,71)/t22?,23?,24-,25+,26?,27-,28?,36?,37?,38?,39?,41?,42-,43?,44?,45?,46?,47-,48?,52?,53+,54+,55-,56-,58+/m1/s1. The minimum absolute atomic E-state index is 0.0121. The molecule has 30 nitrogen and oxygen atoms in total. The number of hydrogen-bond donors (Lipinski definition) is 8. The smallest absolute Gasteiger partial charge is 0.404 e. The Hall–Kier alpha value is -6.45. The van der Waals surface area contributed by atoms with E-state index in [-0.39, 0.29) is 42.4 Å². The van der Waals surface area contributed by atoms with Gasteiger partial charge >= 0.3 is 24.0 Å². The maximum Gasteiger partial charge on any atom is 0.404 e. The Balaban J connectivity index is 1.24. The van der Waals surface area contributed by atoms with Crippen molar-refractivity contribution in [2.75, 3.05) is 13.2 Å². The Morgan fingerprint density at radius 3 is 1.76 bits per heavy atom. The average molecular weight is 1250 g/mol. The number of benzene rings is 1. The highest BCUT2D eigenvalue weighted by molar-refractivity contribution is 6.02. The zero-order valence-electron chi connectivity index (χ0n) is 51.0. The number of ether oxygens (including phenoxy) is 13. The van der Waals surface area contributed by atoms with Crippen LogP contribution in [-0.2, 0) is 95.1 Å². The van der Waals surface area contributed by atoms with E-state index < -0.39 is 206 Å². The van der Waals surface area contributed by atoms with Gasteiger partial charge < -0.3 is 104 Å². The summed E-state index contributed by atoms with van der Waals surface area (Å²) in [5, 5.41) is 41.7. The third-order valence-corrected chi connectivity index (χ3v) is 17.3. The molecule has 5 amide bonds. The number of carbonyl (C=O) groups excluding carboxylic acids is 9. The van der Waals surface area contributed by atoms with Crippen molar-refractivity contribution in [1.29, 1.82) is 0 Å². The molecule has 25 atom stereocenters. The molecule has 5 aliphatic heterocycles. The SMILES string of the molecule is CC(=O)NC1C(C)C(O[C@@H]2OC(C(=O)NC3=C(O)CCC3=O)[C@H](C)[C@H](C)C2OC(=O)c2ccccc2)C(C)O[C@H]1O[C@H]1C(CO[C@@H]2OC(COC(C)=O)C(C)C(C)C2OC(C)=O)O[C@@H](OC2C(O)OC(C(N)=O)[C@@](C)(O)[C@@H]2OC(N)=O)C(NC(C)=O)[C@H]1C. The van der Waals surface area contributed by atoms with Gasteiger partial charge in [-0.2, -0.15) is 0 Å². The monoisotopic (exact) mass is 1250 g/mol. The van der Waals surface area contributed by atoms with E-state index in [1.165, 1.54) is 27.7 Å². The number of nitrogens with one attached hydrogen (secondary N) is 3. The number of esters is 3. The zero-order chi connectivity index (χ0) is 65.0. The van der Waals surface area contributed by atoms with Gasteiger partial charge in [0.2, 0.25) is 17.7 Å². The number of carbonyl (C=O) groups is 9. The Labute approximate surface area is 507 Å². The highest BCUT2D eigenvalue weighted by atomic mass is 16.8. The van der Waals surface area contributed by atoms with Crippen LogP contribution in [0.1, 0.15) is 106 Å². The number of Topliss-reactive ketones (excluding diaryl/α,β-unsaturated/α-hetero) is 1. The summed E-state index contributed by atoms with van der Waals surface area (Å²) in [4.78, 5) is 117. The van der Waals surface area contributed by atoms with Crippen molar-refractivity contribution in [1.82, 2.24) is 16.0 Å². The number of rotatable bonds is 20. The van der Waals surface area contributed by atoms with Gasteiger partial charge in [-0.1, -0.05) is 59.7 Å². The van der Waals surface area contributed by atoms with Crippen LogP contribution in [0.5, 0.6) is 0 Å². The fourth-order valence-corrected chi connectivity index (χ4v) is 12.1. The predicted molar refractivity (Wildman–Crippen MR) is 296 cm³/mol. The number of ketones is 1. The van der Waals surface area contributed by atoms with Crippen LogP contribution in [0, 0.1) is 35.5 Å². The number of aliphatic hydroxyl groups excluding tert-OH is 2. The minimum atomic E-state index is -2.52. The van der Waals surface area contributed by atoms with Gasteiger partial charge in [0, 0.05) is 64.2 Å². The van der Waals surface area contributed by atoms with Crippen molar-refractivity contribution in [3.63, 3.8) is 0 Å². The number of amides is 5. The maximum absolute atomic E-state index is 14.0. The van der Waals surface area contributed by atoms with Crippen LogP contribution in [0.3, 0.4) is 0 Å². The fraction of sp³-hybridized carbons (Fsp3) is 0.707.